The van der Waals surface area contributed by atoms with Gasteiger partial charge < -0.3 is 28.8 Å². The molecule has 9 heteroatoms. The molecule has 1 amide bonds. The number of likely N-dealkylation sites (N-methyl/N-ethyl adjacent to an activating group) is 1. The highest BCUT2D eigenvalue weighted by molar-refractivity contribution is 7.45. The number of allylic oxidation sites excluding steroid dienone is 5. The molecule has 0 bridgehead atoms. The van der Waals surface area contributed by atoms with Crippen LogP contribution >= 0.6 is 7.82 Å². The molecule has 0 rings (SSSR count). The first-order chi connectivity index (χ1) is 32.0. The summed E-state index contributed by atoms with van der Waals surface area (Å²) < 4.78 is 23.3. The van der Waals surface area contributed by atoms with E-state index < -0.39 is 20.0 Å². The van der Waals surface area contributed by atoms with E-state index in [-0.39, 0.29) is 19.1 Å². The number of aliphatic hydroxyl groups excluding tert-OH is 1. The van der Waals surface area contributed by atoms with Crippen molar-refractivity contribution in [3.8, 4) is 0 Å². The molecule has 390 valence electrons. The molecule has 66 heavy (non-hydrogen) atoms. The van der Waals surface area contributed by atoms with E-state index in [1.807, 2.05) is 27.2 Å². The summed E-state index contributed by atoms with van der Waals surface area (Å²) in [6, 6.07) is -0.884. The van der Waals surface area contributed by atoms with E-state index in [9.17, 15) is 19.4 Å². The molecule has 2 N–H and O–H groups in total. The normalized spacial score (nSPS) is 14.2. The summed E-state index contributed by atoms with van der Waals surface area (Å²) in [4.78, 5) is 25.4. The number of carbonyl (C=O) groups is 1. The molecule has 0 heterocycles. The number of carbonyl (C=O) groups excluding carboxylic acids is 1. The molecule has 0 aliphatic carbocycles. The van der Waals surface area contributed by atoms with E-state index in [4.69, 9.17) is 9.05 Å². The van der Waals surface area contributed by atoms with E-state index in [0.29, 0.717) is 17.4 Å². The summed E-state index contributed by atoms with van der Waals surface area (Å²) in [6.45, 7) is 4.65. The fraction of sp³-hybridized carbons (Fsp3) is 0.877. The first kappa shape index (κ1) is 64.7. The molecule has 0 aromatic heterocycles. The summed E-state index contributed by atoms with van der Waals surface area (Å²) in [6.07, 6.45) is 62.2. The van der Waals surface area contributed by atoms with Gasteiger partial charge in [0.05, 0.1) is 39.9 Å². The van der Waals surface area contributed by atoms with Gasteiger partial charge in [-0.2, -0.15) is 0 Å². The lowest BCUT2D eigenvalue weighted by Gasteiger charge is -2.29. The molecule has 0 aromatic carbocycles. The maximum Gasteiger partial charge on any atom is 0.268 e. The molecular formula is C57H111N2O6P. The van der Waals surface area contributed by atoms with Crippen LogP contribution in [0.1, 0.15) is 271 Å². The monoisotopic (exact) mass is 951 g/mol. The fourth-order valence-electron chi connectivity index (χ4n) is 8.36. The zero-order valence-corrected chi connectivity index (χ0v) is 45.3. The molecule has 0 saturated carbocycles. The van der Waals surface area contributed by atoms with E-state index >= 15 is 0 Å². The summed E-state index contributed by atoms with van der Waals surface area (Å²) in [5.41, 5.74) is 0. The van der Waals surface area contributed by atoms with Gasteiger partial charge in [0.2, 0.25) is 5.91 Å². The van der Waals surface area contributed by atoms with Crippen LogP contribution in [-0.2, 0) is 18.4 Å². The Kier molecular flexibility index (Phi) is 47.8. The second-order valence-corrected chi connectivity index (χ2v) is 22.1. The van der Waals surface area contributed by atoms with Crippen molar-refractivity contribution in [1.29, 1.82) is 0 Å². The Labute approximate surface area is 410 Å². The number of amides is 1. The molecule has 0 spiro atoms. The smallest absolute Gasteiger partial charge is 0.268 e. The van der Waals surface area contributed by atoms with Crippen molar-refractivity contribution in [2.75, 3.05) is 40.9 Å². The standard InChI is InChI=1S/C57H111N2O6P/c1-6-8-10-12-14-16-18-20-21-22-23-24-25-26-27-28-29-30-31-32-33-34-35-36-37-39-41-43-45-47-49-51-57(61)58-55(54-65-66(62,63)64-53-52-59(3,4)5)56(60)50-48-46-44-42-40-38-19-17-15-13-11-9-7-2/h18,20,22-23,48,50,55-56,60H,6-17,19,21,24-47,49,51-54H2,1-5H3,(H-,58,61,62,63)/b20-18-,23-22-,50-48+. The van der Waals surface area contributed by atoms with Gasteiger partial charge in [-0.3, -0.25) is 9.36 Å². The number of unbranched alkanes of at least 4 members (excludes halogenated alkanes) is 35. The lowest BCUT2D eigenvalue weighted by Crippen LogP contribution is -2.45. The van der Waals surface area contributed by atoms with Gasteiger partial charge in [-0.25, -0.2) is 0 Å². The van der Waals surface area contributed by atoms with Crippen LogP contribution in [0.25, 0.3) is 0 Å². The zero-order chi connectivity index (χ0) is 48.5. The lowest BCUT2D eigenvalue weighted by atomic mass is 10.0. The number of quaternary nitrogens is 1. The maximum atomic E-state index is 12.9. The van der Waals surface area contributed by atoms with Crippen LogP contribution in [0.3, 0.4) is 0 Å². The van der Waals surface area contributed by atoms with Gasteiger partial charge >= 0.3 is 0 Å². The number of hydrogen-bond donors (Lipinski definition) is 2. The topological polar surface area (TPSA) is 108 Å². The van der Waals surface area contributed by atoms with E-state index in [1.165, 1.54) is 205 Å². The molecule has 0 aliphatic heterocycles. The van der Waals surface area contributed by atoms with Crippen molar-refractivity contribution < 1.29 is 32.9 Å². The Morgan fingerprint density at radius 3 is 1.26 bits per heavy atom. The number of nitrogens with one attached hydrogen (secondary N) is 1. The molecule has 0 fully saturated rings. The quantitative estimate of drug-likeness (QED) is 0.0272. The van der Waals surface area contributed by atoms with Gasteiger partial charge in [-0.1, -0.05) is 249 Å². The Bertz CT molecular complexity index is 1170. The zero-order valence-electron chi connectivity index (χ0n) is 44.4. The number of aliphatic hydroxyl groups is 1. The highest BCUT2D eigenvalue weighted by Crippen LogP contribution is 2.38. The SMILES string of the molecule is CCCCCCC/C=C\C/C=C\CCCCCCCCCCCCCCCCCCCCCC(=O)NC(COP(=O)([O-])OCC[N+](C)(C)C)C(O)/C=C/CCCCCCCCCCCCC. The van der Waals surface area contributed by atoms with Crippen LogP contribution in [0.5, 0.6) is 0 Å². The van der Waals surface area contributed by atoms with Crippen LogP contribution in [-0.4, -0.2) is 68.5 Å². The molecule has 3 atom stereocenters. The van der Waals surface area contributed by atoms with Crippen LogP contribution in [0, 0.1) is 0 Å². The Morgan fingerprint density at radius 2 is 0.879 bits per heavy atom. The fourth-order valence-corrected chi connectivity index (χ4v) is 9.08. The third kappa shape index (κ3) is 50.6. The van der Waals surface area contributed by atoms with Crippen molar-refractivity contribution in [3.63, 3.8) is 0 Å². The van der Waals surface area contributed by atoms with Gasteiger partial charge in [0.1, 0.15) is 13.2 Å². The molecule has 0 aromatic rings. The predicted octanol–water partition coefficient (Wildman–Crippen LogP) is 16.4. The molecule has 0 saturated heterocycles. The van der Waals surface area contributed by atoms with Crippen LogP contribution in [0.4, 0.5) is 0 Å². The predicted molar refractivity (Wildman–Crippen MR) is 284 cm³/mol. The minimum absolute atomic E-state index is 0.000432. The highest BCUT2D eigenvalue weighted by atomic mass is 31.2. The molecule has 8 nitrogen and oxygen atoms in total. The van der Waals surface area contributed by atoms with Gasteiger partial charge in [0, 0.05) is 6.42 Å². The third-order valence-electron chi connectivity index (χ3n) is 12.8. The second-order valence-electron chi connectivity index (χ2n) is 20.6. The van der Waals surface area contributed by atoms with Crippen molar-refractivity contribution in [2.24, 2.45) is 0 Å². The van der Waals surface area contributed by atoms with Crippen molar-refractivity contribution >= 4 is 13.7 Å². The number of nitrogens with zero attached hydrogens (tertiary/aromatic N) is 1. The Morgan fingerprint density at radius 1 is 0.530 bits per heavy atom. The first-order valence-corrected chi connectivity index (χ1v) is 29.8. The third-order valence-corrected chi connectivity index (χ3v) is 13.8. The van der Waals surface area contributed by atoms with E-state index in [1.54, 1.807) is 6.08 Å². The molecule has 0 aliphatic rings. The van der Waals surface area contributed by atoms with Gasteiger partial charge in [0.25, 0.3) is 7.82 Å². The van der Waals surface area contributed by atoms with Crippen LogP contribution in [0.15, 0.2) is 36.5 Å². The van der Waals surface area contributed by atoms with Gasteiger partial charge in [-0.15, -0.1) is 0 Å². The average Bonchev–Trinajstić information content (AvgIpc) is 3.28. The summed E-state index contributed by atoms with van der Waals surface area (Å²) in [5.74, 6) is -0.194. The maximum absolute atomic E-state index is 12.9. The summed E-state index contributed by atoms with van der Waals surface area (Å²) >= 11 is 0. The Balaban J connectivity index is 4.03. The van der Waals surface area contributed by atoms with Crippen molar-refractivity contribution in [1.82, 2.24) is 5.32 Å². The molecule has 0 radical (unpaired) electrons. The highest BCUT2D eigenvalue weighted by Gasteiger charge is 2.23. The molecular weight excluding hydrogens is 840 g/mol. The minimum atomic E-state index is -4.59. The largest absolute Gasteiger partial charge is 0.756 e. The van der Waals surface area contributed by atoms with Crippen molar-refractivity contribution in [3.05, 3.63) is 36.5 Å². The lowest BCUT2D eigenvalue weighted by molar-refractivity contribution is -0.870. The van der Waals surface area contributed by atoms with Crippen LogP contribution in [0.2, 0.25) is 0 Å². The number of hydrogen-bond acceptors (Lipinski definition) is 6. The Hall–Kier alpha value is -1.28. The summed E-state index contributed by atoms with van der Waals surface area (Å²) in [7, 11) is 1.27. The molecule has 3 unspecified atom stereocenters. The summed E-state index contributed by atoms with van der Waals surface area (Å²) in [5, 5.41) is 13.8. The number of rotatable bonds is 52. The van der Waals surface area contributed by atoms with Crippen LogP contribution < -0.4 is 10.2 Å². The van der Waals surface area contributed by atoms with E-state index in [2.05, 4.69) is 43.5 Å². The number of phosphoric ester groups is 1. The van der Waals surface area contributed by atoms with Gasteiger partial charge in [0.15, 0.2) is 0 Å². The van der Waals surface area contributed by atoms with E-state index in [0.717, 1.165) is 44.9 Å². The first-order valence-electron chi connectivity index (χ1n) is 28.4. The average molecular weight is 951 g/mol. The minimum Gasteiger partial charge on any atom is -0.756 e. The second kappa shape index (κ2) is 48.7. The number of phosphoric acid groups is 1. The van der Waals surface area contributed by atoms with Gasteiger partial charge in [-0.05, 0) is 51.4 Å². The van der Waals surface area contributed by atoms with Crippen molar-refractivity contribution in [2.45, 2.75) is 283 Å².